The Labute approximate surface area is 138 Å². The number of halogens is 1. The lowest BCUT2D eigenvalue weighted by molar-refractivity contribution is 0.301. The van der Waals surface area contributed by atoms with Gasteiger partial charge in [0.1, 0.15) is 12.4 Å². The van der Waals surface area contributed by atoms with Crippen LogP contribution < -0.4 is 10.1 Å². The quantitative estimate of drug-likeness (QED) is 0.831. The minimum absolute atomic E-state index is 0.0917. The van der Waals surface area contributed by atoms with Crippen LogP contribution >= 0.6 is 27.3 Å². The third-order valence-electron chi connectivity index (χ3n) is 2.88. The van der Waals surface area contributed by atoms with Gasteiger partial charge in [-0.15, -0.1) is 11.3 Å². The van der Waals surface area contributed by atoms with Gasteiger partial charge in [-0.1, -0.05) is 15.9 Å². The Morgan fingerprint density at radius 3 is 2.71 bits per heavy atom. The monoisotopic (exact) mass is 368 g/mol. The standard InChI is InChI=1S/C16H21BrN2OS/c1-11-19-13(10-21-11)9-20-14-5-6-15(17)12(7-14)8-18-16(2,3)4/h5-7,10,18H,8-9H2,1-4H3. The molecule has 1 heterocycles. The first-order valence-corrected chi connectivity index (χ1v) is 8.58. The zero-order chi connectivity index (χ0) is 15.5. The highest BCUT2D eigenvalue weighted by molar-refractivity contribution is 9.10. The van der Waals surface area contributed by atoms with Gasteiger partial charge in [-0.05, 0) is 51.5 Å². The van der Waals surface area contributed by atoms with Gasteiger partial charge < -0.3 is 10.1 Å². The fourth-order valence-electron chi connectivity index (χ4n) is 1.77. The van der Waals surface area contributed by atoms with E-state index in [-0.39, 0.29) is 5.54 Å². The second-order valence-electron chi connectivity index (χ2n) is 6.00. The first-order chi connectivity index (χ1) is 9.83. The zero-order valence-electron chi connectivity index (χ0n) is 12.9. The topological polar surface area (TPSA) is 34.1 Å². The lowest BCUT2D eigenvalue weighted by atomic mass is 10.1. The summed E-state index contributed by atoms with van der Waals surface area (Å²) >= 11 is 5.24. The zero-order valence-corrected chi connectivity index (χ0v) is 15.3. The third-order valence-corrected chi connectivity index (χ3v) is 4.48. The molecule has 1 aromatic carbocycles. The number of aromatic nitrogens is 1. The van der Waals surface area contributed by atoms with Crippen molar-refractivity contribution in [1.82, 2.24) is 10.3 Å². The minimum Gasteiger partial charge on any atom is -0.487 e. The smallest absolute Gasteiger partial charge is 0.131 e. The van der Waals surface area contributed by atoms with E-state index in [1.54, 1.807) is 11.3 Å². The summed E-state index contributed by atoms with van der Waals surface area (Å²) in [6.45, 7) is 9.79. The summed E-state index contributed by atoms with van der Waals surface area (Å²) in [7, 11) is 0. The highest BCUT2D eigenvalue weighted by Gasteiger charge is 2.10. The summed E-state index contributed by atoms with van der Waals surface area (Å²) in [5.74, 6) is 0.870. The number of ether oxygens (including phenoxy) is 1. The van der Waals surface area contributed by atoms with Crippen molar-refractivity contribution in [3.8, 4) is 5.75 Å². The van der Waals surface area contributed by atoms with E-state index >= 15 is 0 Å². The van der Waals surface area contributed by atoms with Crippen molar-refractivity contribution in [3.63, 3.8) is 0 Å². The molecule has 1 aromatic heterocycles. The first-order valence-electron chi connectivity index (χ1n) is 6.91. The molecule has 0 radical (unpaired) electrons. The number of benzene rings is 1. The van der Waals surface area contributed by atoms with E-state index in [2.05, 4.69) is 53.1 Å². The molecule has 0 aliphatic heterocycles. The molecule has 5 heteroatoms. The molecule has 3 nitrogen and oxygen atoms in total. The predicted octanol–water partition coefficient (Wildman–Crippen LogP) is 4.68. The number of nitrogens with one attached hydrogen (secondary N) is 1. The number of aryl methyl sites for hydroxylation is 1. The van der Waals surface area contributed by atoms with Crippen LogP contribution in [0.2, 0.25) is 0 Å². The van der Waals surface area contributed by atoms with Crippen molar-refractivity contribution < 1.29 is 4.74 Å². The minimum atomic E-state index is 0.0917. The molecule has 0 spiro atoms. The number of hydrogen-bond acceptors (Lipinski definition) is 4. The Kier molecular flexibility index (Phi) is 5.41. The van der Waals surface area contributed by atoms with Crippen molar-refractivity contribution in [3.05, 3.63) is 44.3 Å². The SMILES string of the molecule is Cc1nc(COc2ccc(Br)c(CNC(C)(C)C)c2)cs1. The summed E-state index contributed by atoms with van der Waals surface area (Å²) in [5.41, 5.74) is 2.26. The molecule has 2 aromatic rings. The van der Waals surface area contributed by atoms with Crippen LogP contribution in [0.1, 0.15) is 37.0 Å². The summed E-state index contributed by atoms with van der Waals surface area (Å²) < 4.78 is 6.92. The summed E-state index contributed by atoms with van der Waals surface area (Å²) in [4.78, 5) is 4.41. The van der Waals surface area contributed by atoms with Gasteiger partial charge in [0.25, 0.3) is 0 Å². The maximum atomic E-state index is 5.83. The van der Waals surface area contributed by atoms with Crippen molar-refractivity contribution in [2.24, 2.45) is 0 Å². The average molecular weight is 369 g/mol. The van der Waals surface area contributed by atoms with Crippen LogP contribution in [0.4, 0.5) is 0 Å². The van der Waals surface area contributed by atoms with Crippen molar-refractivity contribution >= 4 is 27.3 Å². The molecule has 2 rings (SSSR count). The fourth-order valence-corrected chi connectivity index (χ4v) is 2.75. The molecule has 0 aliphatic rings. The van der Waals surface area contributed by atoms with E-state index in [1.807, 2.05) is 24.4 Å². The Bertz CT molecular complexity index is 605. The van der Waals surface area contributed by atoms with Crippen LogP contribution in [-0.2, 0) is 13.2 Å². The Morgan fingerprint density at radius 2 is 2.10 bits per heavy atom. The molecular formula is C16H21BrN2OS. The number of rotatable bonds is 5. The maximum Gasteiger partial charge on any atom is 0.131 e. The second-order valence-corrected chi connectivity index (χ2v) is 7.92. The van der Waals surface area contributed by atoms with Gasteiger partial charge in [-0.3, -0.25) is 0 Å². The van der Waals surface area contributed by atoms with Crippen LogP contribution in [0, 0.1) is 6.92 Å². The lowest BCUT2D eigenvalue weighted by Gasteiger charge is -2.21. The normalized spacial score (nSPS) is 11.7. The van der Waals surface area contributed by atoms with Gasteiger partial charge >= 0.3 is 0 Å². The maximum absolute atomic E-state index is 5.83. The van der Waals surface area contributed by atoms with Gasteiger partial charge in [-0.2, -0.15) is 0 Å². The predicted molar refractivity (Wildman–Crippen MR) is 91.9 cm³/mol. The molecule has 0 amide bonds. The molecule has 1 N–H and O–H groups in total. The molecule has 0 saturated heterocycles. The van der Waals surface area contributed by atoms with Crippen molar-refractivity contribution in [2.75, 3.05) is 0 Å². The van der Waals surface area contributed by atoms with Crippen LogP contribution in [0.3, 0.4) is 0 Å². The van der Waals surface area contributed by atoms with Crippen LogP contribution in [0.5, 0.6) is 5.75 Å². The molecule has 0 bridgehead atoms. The van der Waals surface area contributed by atoms with Gasteiger partial charge in [0.15, 0.2) is 0 Å². The van der Waals surface area contributed by atoms with E-state index in [4.69, 9.17) is 4.74 Å². The highest BCUT2D eigenvalue weighted by Crippen LogP contribution is 2.24. The number of hydrogen-bond donors (Lipinski definition) is 1. The lowest BCUT2D eigenvalue weighted by Crippen LogP contribution is -2.35. The Hall–Kier alpha value is -0.910. The molecule has 0 atom stereocenters. The molecule has 21 heavy (non-hydrogen) atoms. The van der Waals surface area contributed by atoms with Crippen LogP contribution in [0.25, 0.3) is 0 Å². The van der Waals surface area contributed by atoms with E-state index in [0.29, 0.717) is 6.61 Å². The molecule has 0 unspecified atom stereocenters. The molecule has 0 aliphatic carbocycles. The van der Waals surface area contributed by atoms with Crippen LogP contribution in [-0.4, -0.2) is 10.5 Å². The average Bonchev–Trinajstić information content (AvgIpc) is 2.81. The van der Waals surface area contributed by atoms with Gasteiger partial charge in [-0.25, -0.2) is 4.98 Å². The summed E-state index contributed by atoms with van der Waals surface area (Å²) in [5, 5.41) is 6.59. The Morgan fingerprint density at radius 1 is 1.33 bits per heavy atom. The summed E-state index contributed by atoms with van der Waals surface area (Å²) in [6, 6.07) is 6.08. The molecular weight excluding hydrogens is 348 g/mol. The van der Waals surface area contributed by atoms with Gasteiger partial charge in [0, 0.05) is 21.9 Å². The second kappa shape index (κ2) is 6.90. The fraction of sp³-hybridized carbons (Fsp3) is 0.438. The largest absolute Gasteiger partial charge is 0.487 e. The van der Waals surface area contributed by atoms with E-state index in [0.717, 1.165) is 27.5 Å². The third kappa shape index (κ3) is 5.41. The molecule has 0 saturated carbocycles. The van der Waals surface area contributed by atoms with E-state index in [9.17, 15) is 0 Å². The molecule has 114 valence electrons. The number of nitrogens with zero attached hydrogens (tertiary/aromatic N) is 1. The van der Waals surface area contributed by atoms with E-state index in [1.165, 1.54) is 5.56 Å². The van der Waals surface area contributed by atoms with Gasteiger partial charge in [0.2, 0.25) is 0 Å². The molecule has 0 fully saturated rings. The first kappa shape index (κ1) is 16.5. The van der Waals surface area contributed by atoms with Crippen molar-refractivity contribution in [2.45, 2.75) is 46.4 Å². The Balaban J connectivity index is 2.00. The highest BCUT2D eigenvalue weighted by atomic mass is 79.9. The van der Waals surface area contributed by atoms with Crippen LogP contribution in [0.15, 0.2) is 28.1 Å². The van der Waals surface area contributed by atoms with Crippen molar-refractivity contribution in [1.29, 1.82) is 0 Å². The van der Waals surface area contributed by atoms with Gasteiger partial charge in [0.05, 0.1) is 10.7 Å². The van der Waals surface area contributed by atoms with E-state index < -0.39 is 0 Å². The number of thiazole rings is 1. The summed E-state index contributed by atoms with van der Waals surface area (Å²) in [6.07, 6.45) is 0.